The van der Waals surface area contributed by atoms with Crippen molar-refractivity contribution >= 4 is 0 Å². The summed E-state index contributed by atoms with van der Waals surface area (Å²) in [4.78, 5) is 7.91. The Bertz CT molecular complexity index is 610. The third-order valence-corrected chi connectivity index (χ3v) is 2.69. The molecule has 0 aliphatic rings. The molecule has 0 radical (unpaired) electrons. The average Bonchev–Trinajstić information content (AvgIpc) is 2.52. The Balaban J connectivity index is 2.03. The van der Waals surface area contributed by atoms with Gasteiger partial charge in [0.1, 0.15) is 18.4 Å². The van der Waals surface area contributed by atoms with E-state index in [0.29, 0.717) is 6.61 Å². The van der Waals surface area contributed by atoms with Crippen LogP contribution < -0.4 is 4.74 Å². The van der Waals surface area contributed by atoms with Gasteiger partial charge in [-0.1, -0.05) is 31.2 Å². The molecule has 1 heterocycles. The number of rotatable bonds is 5. The highest BCUT2D eigenvalue weighted by molar-refractivity contribution is 5.62. The zero-order chi connectivity index (χ0) is 14.2. The van der Waals surface area contributed by atoms with Crippen molar-refractivity contribution in [2.75, 3.05) is 6.61 Å². The van der Waals surface area contributed by atoms with Crippen LogP contribution in [-0.2, 0) is 0 Å². The molecule has 20 heavy (non-hydrogen) atoms. The molecule has 0 aliphatic heterocycles. The first-order valence-electron chi connectivity index (χ1n) is 6.44. The lowest BCUT2D eigenvalue weighted by atomic mass is 10.1. The highest BCUT2D eigenvalue weighted by atomic mass is 16.5. The molecule has 0 bridgehead atoms. The van der Waals surface area contributed by atoms with Crippen LogP contribution in [0.25, 0.3) is 11.1 Å². The van der Waals surface area contributed by atoms with Gasteiger partial charge in [-0.3, -0.25) is 0 Å². The molecule has 0 spiro atoms. The van der Waals surface area contributed by atoms with E-state index in [4.69, 9.17) is 10.00 Å². The zero-order valence-electron chi connectivity index (χ0n) is 11.3. The normalized spacial score (nSPS) is 10.4. The molecule has 4 heteroatoms. The van der Waals surface area contributed by atoms with Crippen LogP contribution in [-0.4, -0.2) is 16.6 Å². The maximum absolute atomic E-state index is 8.66. The Hall–Kier alpha value is -2.67. The lowest BCUT2D eigenvalue weighted by molar-refractivity contribution is 0.362. The fourth-order valence-corrected chi connectivity index (χ4v) is 1.66. The molecular formula is C16H15N3O. The molecule has 0 fully saturated rings. The standard InChI is InChI=1S/C16H15N3O/c1-2-3-4-9-20-15-7-5-13(6-8-15)14-11-18-16(10-17)19-12-14/h3-8,11-12H,2,9H2,1H3. The lowest BCUT2D eigenvalue weighted by Gasteiger charge is -2.05. The van der Waals surface area contributed by atoms with E-state index < -0.39 is 0 Å². The Labute approximate surface area is 118 Å². The van der Waals surface area contributed by atoms with Gasteiger partial charge in [-0.25, -0.2) is 9.97 Å². The number of allylic oxidation sites excluding steroid dienone is 1. The van der Waals surface area contributed by atoms with Crippen LogP contribution >= 0.6 is 0 Å². The number of benzene rings is 1. The first-order chi connectivity index (χ1) is 9.83. The van der Waals surface area contributed by atoms with Crippen LogP contribution in [0.1, 0.15) is 19.2 Å². The van der Waals surface area contributed by atoms with Gasteiger partial charge in [-0.05, 0) is 24.1 Å². The van der Waals surface area contributed by atoms with Crippen LogP contribution in [0.2, 0.25) is 0 Å². The predicted octanol–water partition coefficient (Wildman–Crippen LogP) is 3.36. The number of nitrogens with zero attached hydrogens (tertiary/aromatic N) is 3. The topological polar surface area (TPSA) is 58.8 Å². The summed E-state index contributed by atoms with van der Waals surface area (Å²) in [5.41, 5.74) is 1.87. The first kappa shape index (κ1) is 13.8. The Kier molecular flexibility index (Phi) is 4.85. The van der Waals surface area contributed by atoms with Gasteiger partial charge >= 0.3 is 0 Å². The number of ether oxygens (including phenoxy) is 1. The Morgan fingerprint density at radius 1 is 1.10 bits per heavy atom. The summed E-state index contributed by atoms with van der Waals surface area (Å²) in [6.45, 7) is 2.66. The van der Waals surface area contributed by atoms with Gasteiger partial charge in [0.25, 0.3) is 0 Å². The molecule has 2 aromatic rings. The van der Waals surface area contributed by atoms with Crippen molar-refractivity contribution in [3.63, 3.8) is 0 Å². The van der Waals surface area contributed by atoms with Gasteiger partial charge < -0.3 is 4.74 Å². The van der Waals surface area contributed by atoms with E-state index in [9.17, 15) is 0 Å². The van der Waals surface area contributed by atoms with Crippen molar-refractivity contribution in [2.45, 2.75) is 13.3 Å². The molecule has 2 rings (SSSR count). The van der Waals surface area contributed by atoms with Crippen molar-refractivity contribution in [1.29, 1.82) is 5.26 Å². The summed E-state index contributed by atoms with van der Waals surface area (Å²) in [5.74, 6) is 1.00. The van der Waals surface area contributed by atoms with E-state index >= 15 is 0 Å². The highest BCUT2D eigenvalue weighted by Crippen LogP contribution is 2.21. The molecule has 0 saturated carbocycles. The van der Waals surface area contributed by atoms with E-state index in [-0.39, 0.29) is 5.82 Å². The fourth-order valence-electron chi connectivity index (χ4n) is 1.66. The minimum atomic E-state index is 0.177. The smallest absolute Gasteiger partial charge is 0.232 e. The summed E-state index contributed by atoms with van der Waals surface area (Å²) >= 11 is 0. The van der Waals surface area contributed by atoms with Crippen LogP contribution in [0.4, 0.5) is 0 Å². The third kappa shape index (κ3) is 3.66. The fraction of sp³-hybridized carbons (Fsp3) is 0.188. The van der Waals surface area contributed by atoms with E-state index in [1.807, 2.05) is 36.4 Å². The third-order valence-electron chi connectivity index (χ3n) is 2.69. The van der Waals surface area contributed by atoms with Gasteiger partial charge in [-0.2, -0.15) is 5.26 Å². The van der Waals surface area contributed by atoms with Gasteiger partial charge in [0.15, 0.2) is 0 Å². The molecule has 0 unspecified atom stereocenters. The molecule has 4 nitrogen and oxygen atoms in total. The molecule has 1 aromatic carbocycles. The maximum atomic E-state index is 8.66. The van der Waals surface area contributed by atoms with Crippen molar-refractivity contribution < 1.29 is 4.74 Å². The van der Waals surface area contributed by atoms with E-state index in [1.54, 1.807) is 12.4 Å². The number of nitriles is 1. The van der Waals surface area contributed by atoms with E-state index in [1.165, 1.54) is 0 Å². The van der Waals surface area contributed by atoms with Gasteiger partial charge in [0.2, 0.25) is 5.82 Å². The Morgan fingerprint density at radius 3 is 2.40 bits per heavy atom. The molecule has 1 aromatic heterocycles. The zero-order valence-corrected chi connectivity index (χ0v) is 11.3. The monoisotopic (exact) mass is 265 g/mol. The van der Waals surface area contributed by atoms with E-state index in [2.05, 4.69) is 23.0 Å². The summed E-state index contributed by atoms with van der Waals surface area (Å²) in [7, 11) is 0. The first-order valence-corrected chi connectivity index (χ1v) is 6.44. The van der Waals surface area contributed by atoms with Crippen molar-refractivity contribution in [2.24, 2.45) is 0 Å². The minimum Gasteiger partial charge on any atom is -0.490 e. The summed E-state index contributed by atoms with van der Waals surface area (Å²) in [5, 5.41) is 8.66. The number of hydrogen-bond acceptors (Lipinski definition) is 4. The summed E-state index contributed by atoms with van der Waals surface area (Å²) < 4.78 is 5.57. The van der Waals surface area contributed by atoms with Crippen LogP contribution in [0.5, 0.6) is 5.75 Å². The van der Waals surface area contributed by atoms with Crippen LogP contribution in [0.3, 0.4) is 0 Å². The second-order valence-electron chi connectivity index (χ2n) is 4.12. The second-order valence-corrected chi connectivity index (χ2v) is 4.12. The van der Waals surface area contributed by atoms with Crippen molar-refractivity contribution in [1.82, 2.24) is 9.97 Å². The quantitative estimate of drug-likeness (QED) is 0.778. The molecule has 100 valence electrons. The Morgan fingerprint density at radius 2 is 1.80 bits per heavy atom. The van der Waals surface area contributed by atoms with Gasteiger partial charge in [-0.15, -0.1) is 0 Å². The average molecular weight is 265 g/mol. The molecule has 0 amide bonds. The molecule has 0 saturated heterocycles. The maximum Gasteiger partial charge on any atom is 0.232 e. The van der Waals surface area contributed by atoms with Crippen molar-refractivity contribution in [3.05, 3.63) is 54.6 Å². The molecule has 0 N–H and O–H groups in total. The predicted molar refractivity (Wildman–Crippen MR) is 77.1 cm³/mol. The number of hydrogen-bond donors (Lipinski definition) is 0. The summed E-state index contributed by atoms with van der Waals surface area (Å²) in [6.07, 6.45) is 8.38. The molecular weight excluding hydrogens is 250 g/mol. The largest absolute Gasteiger partial charge is 0.490 e. The second kappa shape index (κ2) is 7.05. The van der Waals surface area contributed by atoms with Crippen LogP contribution in [0.15, 0.2) is 48.8 Å². The summed E-state index contributed by atoms with van der Waals surface area (Å²) in [6, 6.07) is 9.62. The van der Waals surface area contributed by atoms with E-state index in [0.717, 1.165) is 23.3 Å². The SMILES string of the molecule is CCC=CCOc1ccc(-c2cnc(C#N)nc2)cc1. The minimum absolute atomic E-state index is 0.177. The molecule has 0 atom stereocenters. The number of aromatic nitrogens is 2. The van der Waals surface area contributed by atoms with Crippen molar-refractivity contribution in [3.8, 4) is 22.9 Å². The van der Waals surface area contributed by atoms with Crippen LogP contribution in [0, 0.1) is 11.3 Å². The highest BCUT2D eigenvalue weighted by Gasteiger charge is 2.00. The van der Waals surface area contributed by atoms with Gasteiger partial charge in [0.05, 0.1) is 0 Å². The molecule has 0 aliphatic carbocycles. The van der Waals surface area contributed by atoms with Gasteiger partial charge in [0, 0.05) is 18.0 Å². The lowest BCUT2D eigenvalue weighted by Crippen LogP contribution is -1.93.